The third-order valence-electron chi connectivity index (χ3n) is 5.37. The van der Waals surface area contributed by atoms with Gasteiger partial charge in [-0.05, 0) is 37.8 Å². The van der Waals surface area contributed by atoms with Gasteiger partial charge in [0.15, 0.2) is 0 Å². The summed E-state index contributed by atoms with van der Waals surface area (Å²) >= 11 is 1.23. The van der Waals surface area contributed by atoms with Crippen LogP contribution in [-0.4, -0.2) is 59.3 Å². The van der Waals surface area contributed by atoms with Gasteiger partial charge < -0.3 is 20.2 Å². The van der Waals surface area contributed by atoms with Crippen molar-refractivity contribution in [2.45, 2.75) is 32.9 Å². The summed E-state index contributed by atoms with van der Waals surface area (Å²) < 4.78 is 5.47. The first kappa shape index (κ1) is 22.4. The van der Waals surface area contributed by atoms with Gasteiger partial charge in [-0.3, -0.25) is 4.79 Å². The Hall–Kier alpha value is -2.29. The molecule has 8 heteroatoms. The first-order valence-electron chi connectivity index (χ1n) is 10.1. The molecule has 0 spiro atoms. The number of piperazine rings is 1. The van der Waals surface area contributed by atoms with Crippen molar-refractivity contribution < 1.29 is 14.6 Å². The maximum atomic E-state index is 12.7. The fourth-order valence-corrected chi connectivity index (χ4v) is 4.13. The van der Waals surface area contributed by atoms with Crippen molar-refractivity contribution in [1.29, 1.82) is 0 Å². The summed E-state index contributed by atoms with van der Waals surface area (Å²) in [7, 11) is 1.57. The van der Waals surface area contributed by atoms with Crippen LogP contribution in [0, 0.1) is 6.92 Å². The number of aryl methyl sites for hydroxylation is 2. The second-order valence-electron chi connectivity index (χ2n) is 7.29. The molecule has 0 bridgehead atoms. The number of carbonyl (C=O) groups excluding carboxylic acids is 1. The Morgan fingerprint density at radius 2 is 2.07 bits per heavy atom. The number of methoxy groups -OCH3 is 1. The Morgan fingerprint density at radius 3 is 2.67 bits per heavy atom. The molecule has 1 aromatic carbocycles. The summed E-state index contributed by atoms with van der Waals surface area (Å²) in [6, 6.07) is 9.91. The van der Waals surface area contributed by atoms with Crippen LogP contribution in [0.1, 0.15) is 23.7 Å². The first-order valence-corrected chi connectivity index (χ1v) is 11.3. The van der Waals surface area contributed by atoms with Crippen molar-refractivity contribution in [2.75, 3.05) is 43.3 Å². The van der Waals surface area contributed by atoms with Crippen LogP contribution >= 0.6 is 11.8 Å². The minimum atomic E-state index is -0.330. The zero-order valence-corrected chi connectivity index (χ0v) is 18.8. The Labute approximate surface area is 182 Å². The lowest BCUT2D eigenvalue weighted by molar-refractivity contribution is -0.115. The van der Waals surface area contributed by atoms with Gasteiger partial charge in [0, 0.05) is 36.6 Å². The number of aromatic nitrogens is 1. The fraction of sp³-hybridized carbons (Fsp3) is 0.455. The third-order valence-corrected chi connectivity index (χ3v) is 6.05. The van der Waals surface area contributed by atoms with Gasteiger partial charge in [0.05, 0.1) is 13.7 Å². The molecule has 3 rings (SSSR count). The van der Waals surface area contributed by atoms with E-state index in [9.17, 15) is 9.90 Å². The predicted molar refractivity (Wildman–Crippen MR) is 122 cm³/mol. The summed E-state index contributed by atoms with van der Waals surface area (Å²) in [4.78, 5) is 19.5. The number of hydrazine groups is 1. The van der Waals surface area contributed by atoms with Gasteiger partial charge in [0.1, 0.15) is 11.7 Å². The summed E-state index contributed by atoms with van der Waals surface area (Å²) in [6.45, 7) is 5.99. The number of nitrogens with one attached hydrogen (secondary N) is 1. The summed E-state index contributed by atoms with van der Waals surface area (Å²) in [5.74, 6) is 0.459. The topological polar surface area (TPSA) is 77.9 Å². The van der Waals surface area contributed by atoms with E-state index in [4.69, 9.17) is 4.74 Å². The standard InChI is InChI=1S/C22H30N4O3S/c1-5-18-16(14-27)12-19(21(23-18)29-3)24-26-11-10-25(13-20(26)22(28)30-4)17-8-6-15(2)7-9-17/h6-9,12,20,24,27H,5,10-11,13-14H2,1-4H3. The molecule has 7 nitrogen and oxygen atoms in total. The first-order chi connectivity index (χ1) is 14.5. The van der Waals surface area contributed by atoms with Crippen molar-refractivity contribution in [3.63, 3.8) is 0 Å². The lowest BCUT2D eigenvalue weighted by Crippen LogP contribution is -2.58. The maximum absolute atomic E-state index is 12.7. The molecule has 2 heterocycles. The number of thioether (sulfide) groups is 1. The average Bonchev–Trinajstić information content (AvgIpc) is 2.79. The van der Waals surface area contributed by atoms with Gasteiger partial charge in [-0.2, -0.15) is 0 Å². The van der Waals surface area contributed by atoms with Crippen molar-refractivity contribution in [1.82, 2.24) is 9.99 Å². The largest absolute Gasteiger partial charge is 0.479 e. The Balaban J connectivity index is 1.85. The molecule has 1 fully saturated rings. The normalized spacial score (nSPS) is 17.1. The summed E-state index contributed by atoms with van der Waals surface area (Å²) in [5, 5.41) is 11.8. The number of carbonyl (C=O) groups is 1. The van der Waals surface area contributed by atoms with E-state index in [0.29, 0.717) is 31.1 Å². The zero-order valence-electron chi connectivity index (χ0n) is 18.0. The smallest absolute Gasteiger partial charge is 0.238 e. The number of aliphatic hydroxyl groups excluding tert-OH is 1. The summed E-state index contributed by atoms with van der Waals surface area (Å²) in [6.07, 6.45) is 2.52. The molecule has 2 aromatic rings. The molecule has 1 aromatic heterocycles. The van der Waals surface area contributed by atoms with E-state index in [1.54, 1.807) is 7.11 Å². The molecule has 1 unspecified atom stereocenters. The number of nitrogens with zero attached hydrogens (tertiary/aromatic N) is 3. The van der Waals surface area contributed by atoms with Gasteiger partial charge in [-0.1, -0.05) is 36.4 Å². The van der Waals surface area contributed by atoms with Gasteiger partial charge in [0.25, 0.3) is 0 Å². The molecule has 162 valence electrons. The highest BCUT2D eigenvalue weighted by molar-refractivity contribution is 8.13. The molecule has 0 saturated carbocycles. The van der Waals surface area contributed by atoms with E-state index in [0.717, 1.165) is 23.5 Å². The molecule has 1 aliphatic rings. The highest BCUT2D eigenvalue weighted by Gasteiger charge is 2.33. The second kappa shape index (κ2) is 10.1. The molecular formula is C22H30N4O3S. The SMILES string of the molecule is CCc1nc(OC)c(NN2CCN(c3ccc(C)cc3)CC2C(=O)SC)cc1CO. The van der Waals surface area contributed by atoms with E-state index in [1.165, 1.54) is 17.3 Å². The molecule has 0 amide bonds. The molecule has 1 aliphatic heterocycles. The minimum absolute atomic E-state index is 0.0940. The Kier molecular flexibility index (Phi) is 7.58. The van der Waals surface area contributed by atoms with Gasteiger partial charge in [0.2, 0.25) is 11.0 Å². The van der Waals surface area contributed by atoms with Crippen LogP contribution in [0.4, 0.5) is 11.4 Å². The predicted octanol–water partition coefficient (Wildman–Crippen LogP) is 2.86. The van der Waals surface area contributed by atoms with E-state index in [-0.39, 0.29) is 17.8 Å². The minimum Gasteiger partial charge on any atom is -0.479 e. The van der Waals surface area contributed by atoms with Crippen LogP contribution in [-0.2, 0) is 17.8 Å². The number of anilines is 2. The van der Waals surface area contributed by atoms with Crippen molar-refractivity contribution >= 4 is 28.3 Å². The van der Waals surface area contributed by atoms with Crippen LogP contribution in [0.5, 0.6) is 5.88 Å². The van der Waals surface area contributed by atoms with Crippen LogP contribution in [0.3, 0.4) is 0 Å². The maximum Gasteiger partial charge on any atom is 0.238 e. The Bertz CT molecular complexity index is 875. The molecular weight excluding hydrogens is 400 g/mol. The number of ether oxygens (including phenoxy) is 1. The number of rotatable bonds is 7. The van der Waals surface area contributed by atoms with E-state index < -0.39 is 0 Å². The van der Waals surface area contributed by atoms with Crippen molar-refractivity contribution in [3.05, 3.63) is 47.2 Å². The quantitative estimate of drug-likeness (QED) is 0.694. The van der Waals surface area contributed by atoms with Gasteiger partial charge in [-0.25, -0.2) is 9.99 Å². The highest BCUT2D eigenvalue weighted by Crippen LogP contribution is 2.28. The third kappa shape index (κ3) is 4.88. The van der Waals surface area contributed by atoms with Gasteiger partial charge >= 0.3 is 0 Å². The fourth-order valence-electron chi connectivity index (χ4n) is 3.65. The molecule has 30 heavy (non-hydrogen) atoms. The molecule has 1 atom stereocenters. The van der Waals surface area contributed by atoms with Gasteiger partial charge in [-0.15, -0.1) is 0 Å². The Morgan fingerprint density at radius 1 is 1.33 bits per heavy atom. The number of benzene rings is 1. The van der Waals surface area contributed by atoms with E-state index >= 15 is 0 Å². The average molecular weight is 431 g/mol. The van der Waals surface area contributed by atoms with Crippen molar-refractivity contribution in [3.8, 4) is 5.88 Å². The van der Waals surface area contributed by atoms with E-state index in [1.807, 2.05) is 24.3 Å². The number of pyridine rings is 1. The van der Waals surface area contributed by atoms with Crippen LogP contribution in [0.2, 0.25) is 0 Å². The molecule has 1 saturated heterocycles. The second-order valence-corrected chi connectivity index (χ2v) is 8.10. The van der Waals surface area contributed by atoms with Crippen LogP contribution in [0.15, 0.2) is 30.3 Å². The number of hydrogen-bond donors (Lipinski definition) is 2. The summed E-state index contributed by atoms with van der Waals surface area (Å²) in [5.41, 5.74) is 7.90. The number of aliphatic hydroxyl groups is 1. The number of hydrogen-bond acceptors (Lipinski definition) is 8. The van der Waals surface area contributed by atoms with Crippen LogP contribution < -0.4 is 15.1 Å². The monoisotopic (exact) mass is 430 g/mol. The highest BCUT2D eigenvalue weighted by atomic mass is 32.2. The zero-order chi connectivity index (χ0) is 21.7. The van der Waals surface area contributed by atoms with Crippen molar-refractivity contribution in [2.24, 2.45) is 0 Å². The lowest BCUT2D eigenvalue weighted by Gasteiger charge is -2.41. The molecule has 0 radical (unpaired) electrons. The van der Waals surface area contributed by atoms with Crippen LogP contribution in [0.25, 0.3) is 0 Å². The molecule has 0 aliphatic carbocycles. The molecule has 2 N–H and O–H groups in total. The van der Waals surface area contributed by atoms with E-state index in [2.05, 4.69) is 46.5 Å². The lowest BCUT2D eigenvalue weighted by atomic mass is 10.1.